The minimum Gasteiger partial charge on any atom is -0.465 e. The zero-order chi connectivity index (χ0) is 25.0. The number of ether oxygens (including phenoxy) is 1. The first-order valence-corrected chi connectivity index (χ1v) is 13.3. The van der Waals surface area contributed by atoms with E-state index in [1.54, 1.807) is 0 Å². The summed E-state index contributed by atoms with van der Waals surface area (Å²) in [5, 5.41) is 6.09. The molecule has 1 aliphatic carbocycles. The predicted molar refractivity (Wildman–Crippen MR) is 140 cm³/mol. The molecule has 2 atom stereocenters. The first-order valence-electron chi connectivity index (χ1n) is 11.6. The molecule has 34 heavy (non-hydrogen) atoms. The summed E-state index contributed by atoms with van der Waals surface area (Å²) in [5.41, 5.74) is 2.14. The lowest BCUT2D eigenvalue weighted by molar-refractivity contribution is -0.118. The lowest BCUT2D eigenvalue weighted by Crippen LogP contribution is -2.23. The Kier molecular flexibility index (Phi) is 8.47. The third-order valence-corrected chi connectivity index (χ3v) is 7.89. The van der Waals surface area contributed by atoms with Gasteiger partial charge in [-0.3, -0.25) is 9.59 Å². The second-order valence-electron chi connectivity index (χ2n) is 10.1. The molecule has 1 aromatic carbocycles. The molecule has 3 rings (SSSR count). The van der Waals surface area contributed by atoms with E-state index in [4.69, 9.17) is 4.74 Å². The number of thiophene rings is 1. The van der Waals surface area contributed by atoms with Crippen LogP contribution >= 0.6 is 23.1 Å². The van der Waals surface area contributed by atoms with Crippen molar-refractivity contribution >= 4 is 51.6 Å². The molecule has 0 spiro atoms. The third kappa shape index (κ3) is 6.85. The number of esters is 1. The lowest BCUT2D eigenvalue weighted by atomic mass is 9.88. The van der Waals surface area contributed by atoms with E-state index in [2.05, 4.69) is 17.6 Å². The van der Waals surface area contributed by atoms with Gasteiger partial charge >= 0.3 is 5.97 Å². The number of anilines is 2. The molecule has 0 saturated heterocycles. The van der Waals surface area contributed by atoms with Gasteiger partial charge < -0.3 is 15.4 Å². The highest BCUT2D eigenvalue weighted by molar-refractivity contribution is 8.00. The molecule has 0 fully saturated rings. The number of amides is 2. The molecule has 2 amide bonds. The molecular weight excluding hydrogens is 468 g/mol. The lowest BCUT2D eigenvalue weighted by Gasteiger charge is -2.18. The van der Waals surface area contributed by atoms with Crippen LogP contribution in [0.4, 0.5) is 10.7 Å². The fourth-order valence-electron chi connectivity index (χ4n) is 3.96. The van der Waals surface area contributed by atoms with Crippen LogP contribution in [-0.2, 0) is 27.2 Å². The van der Waals surface area contributed by atoms with Crippen molar-refractivity contribution in [2.45, 2.75) is 70.4 Å². The van der Waals surface area contributed by atoms with E-state index >= 15 is 0 Å². The van der Waals surface area contributed by atoms with E-state index < -0.39 is 11.2 Å². The van der Waals surface area contributed by atoms with Crippen molar-refractivity contribution in [2.75, 3.05) is 17.7 Å². The topological polar surface area (TPSA) is 84.5 Å². The second-order valence-corrected chi connectivity index (χ2v) is 12.6. The van der Waals surface area contributed by atoms with Gasteiger partial charge in [0.05, 0.1) is 17.9 Å². The van der Waals surface area contributed by atoms with Crippen molar-refractivity contribution < 1.29 is 19.1 Å². The summed E-state index contributed by atoms with van der Waals surface area (Å²) in [4.78, 5) is 39.8. The summed E-state index contributed by atoms with van der Waals surface area (Å²) < 4.78 is 5.02. The molecule has 0 saturated carbocycles. The Labute approximate surface area is 210 Å². The number of methoxy groups -OCH3 is 1. The van der Waals surface area contributed by atoms with Gasteiger partial charge in [-0.2, -0.15) is 0 Å². The van der Waals surface area contributed by atoms with Crippen LogP contribution in [0.25, 0.3) is 0 Å². The van der Waals surface area contributed by atoms with Gasteiger partial charge in [0.15, 0.2) is 0 Å². The van der Waals surface area contributed by atoms with Gasteiger partial charge in [-0.1, -0.05) is 33.8 Å². The van der Waals surface area contributed by atoms with Crippen molar-refractivity contribution in [1.29, 1.82) is 0 Å². The highest BCUT2D eigenvalue weighted by Gasteiger charge is 2.29. The molecule has 0 radical (unpaired) electrons. The third-order valence-electron chi connectivity index (χ3n) is 5.63. The van der Waals surface area contributed by atoms with Crippen LogP contribution in [-0.4, -0.2) is 30.1 Å². The molecule has 2 unspecified atom stereocenters. The fraction of sp³-hybridized carbons (Fsp3) is 0.500. The van der Waals surface area contributed by atoms with Crippen LogP contribution in [0.2, 0.25) is 0 Å². The molecule has 2 aromatic rings. The molecular formula is C26H34N2O4S2. The van der Waals surface area contributed by atoms with E-state index in [9.17, 15) is 14.4 Å². The molecule has 1 aliphatic rings. The Morgan fingerprint density at radius 3 is 2.65 bits per heavy atom. The molecule has 0 bridgehead atoms. The summed E-state index contributed by atoms with van der Waals surface area (Å²) in [6.45, 7) is 10.1. The number of nitrogens with one attached hydrogen (secondary N) is 2. The number of carbonyl (C=O) groups excluding carboxylic acids is 3. The van der Waals surface area contributed by atoms with Gasteiger partial charge in [-0.05, 0) is 61.3 Å². The first kappa shape index (κ1) is 26.3. The summed E-state index contributed by atoms with van der Waals surface area (Å²) >= 11 is 2.89. The van der Waals surface area contributed by atoms with Crippen LogP contribution in [0.3, 0.4) is 0 Å². The fourth-order valence-corrected chi connectivity index (χ4v) is 6.29. The minimum absolute atomic E-state index is 0.0354. The number of fused-ring (bicyclic) bond motifs is 1. The smallest absolute Gasteiger partial charge is 0.341 e. The summed E-state index contributed by atoms with van der Waals surface area (Å²) in [7, 11) is 1.37. The zero-order valence-electron chi connectivity index (χ0n) is 20.7. The predicted octanol–water partition coefficient (Wildman–Crippen LogP) is 6.15. The SMILES string of the molecule is COC(=O)c1c(NC(=O)C(C)Sc2cccc(NC(=O)CC(C)(C)C)c2)sc2c1CCC(C)C2. The van der Waals surface area contributed by atoms with Gasteiger partial charge in [-0.25, -0.2) is 4.79 Å². The Balaban J connectivity index is 1.69. The number of thioether (sulfide) groups is 1. The molecule has 1 heterocycles. The Morgan fingerprint density at radius 2 is 1.97 bits per heavy atom. The molecule has 0 aliphatic heterocycles. The number of rotatable bonds is 7. The van der Waals surface area contributed by atoms with Crippen LogP contribution in [0.5, 0.6) is 0 Å². The summed E-state index contributed by atoms with van der Waals surface area (Å²) in [6, 6.07) is 7.50. The quantitative estimate of drug-likeness (QED) is 0.350. The molecule has 1 aromatic heterocycles. The van der Waals surface area contributed by atoms with Crippen molar-refractivity contribution in [3.8, 4) is 0 Å². The maximum Gasteiger partial charge on any atom is 0.341 e. The molecule has 2 N–H and O–H groups in total. The maximum atomic E-state index is 13.0. The standard InChI is InChI=1S/C26H34N2O4S2/c1-15-10-11-19-20(12-15)34-24(22(19)25(31)32-6)28-23(30)16(2)33-18-9-7-8-17(13-18)27-21(29)14-26(3,4)5/h7-9,13,15-16H,10-12,14H2,1-6H3,(H,27,29)(H,28,30). The number of benzene rings is 1. The molecule has 8 heteroatoms. The largest absolute Gasteiger partial charge is 0.465 e. The first-order chi connectivity index (χ1) is 16.0. The van der Waals surface area contributed by atoms with E-state index in [0.717, 1.165) is 34.6 Å². The van der Waals surface area contributed by atoms with E-state index in [1.165, 1.54) is 30.2 Å². The van der Waals surface area contributed by atoms with Crippen molar-refractivity contribution in [3.63, 3.8) is 0 Å². The summed E-state index contributed by atoms with van der Waals surface area (Å²) in [6.07, 6.45) is 3.19. The monoisotopic (exact) mass is 502 g/mol. The number of hydrogen-bond donors (Lipinski definition) is 2. The average molecular weight is 503 g/mol. The van der Waals surface area contributed by atoms with Crippen LogP contribution in [0.1, 0.15) is 68.3 Å². The normalized spacial score (nSPS) is 16.4. The van der Waals surface area contributed by atoms with Crippen molar-refractivity contribution in [2.24, 2.45) is 11.3 Å². The summed E-state index contributed by atoms with van der Waals surface area (Å²) in [5.74, 6) is -0.0528. The minimum atomic E-state index is -0.402. The van der Waals surface area contributed by atoms with Gasteiger partial charge in [0.25, 0.3) is 0 Å². The van der Waals surface area contributed by atoms with Crippen molar-refractivity contribution in [1.82, 2.24) is 0 Å². The van der Waals surface area contributed by atoms with E-state index in [1.807, 2.05) is 52.0 Å². The highest BCUT2D eigenvalue weighted by atomic mass is 32.2. The van der Waals surface area contributed by atoms with Crippen LogP contribution < -0.4 is 10.6 Å². The van der Waals surface area contributed by atoms with E-state index in [-0.39, 0.29) is 17.2 Å². The maximum absolute atomic E-state index is 13.0. The van der Waals surface area contributed by atoms with Gasteiger partial charge in [0.2, 0.25) is 11.8 Å². The van der Waals surface area contributed by atoms with E-state index in [0.29, 0.717) is 28.6 Å². The zero-order valence-corrected chi connectivity index (χ0v) is 22.4. The van der Waals surface area contributed by atoms with Gasteiger partial charge in [0.1, 0.15) is 5.00 Å². The Bertz CT molecular complexity index is 1070. The highest BCUT2D eigenvalue weighted by Crippen LogP contribution is 2.40. The van der Waals surface area contributed by atoms with Crippen molar-refractivity contribution in [3.05, 3.63) is 40.3 Å². The second kappa shape index (κ2) is 11.0. The van der Waals surface area contributed by atoms with Gasteiger partial charge in [0, 0.05) is 21.9 Å². The molecule has 6 nitrogen and oxygen atoms in total. The Hall–Kier alpha value is -2.32. The average Bonchev–Trinajstić information content (AvgIpc) is 3.08. The van der Waals surface area contributed by atoms with Crippen LogP contribution in [0, 0.1) is 11.3 Å². The number of carbonyl (C=O) groups is 3. The Morgan fingerprint density at radius 1 is 1.24 bits per heavy atom. The molecule has 184 valence electrons. The van der Waals surface area contributed by atoms with Gasteiger partial charge in [-0.15, -0.1) is 23.1 Å². The van der Waals surface area contributed by atoms with Crippen LogP contribution in [0.15, 0.2) is 29.2 Å². The number of hydrogen-bond acceptors (Lipinski definition) is 6.